The fourth-order valence-electron chi connectivity index (χ4n) is 7.24. The molecule has 1 aliphatic rings. The normalized spacial score (nSPS) is 21.2. The third kappa shape index (κ3) is 32.0. The van der Waals surface area contributed by atoms with Gasteiger partial charge < -0.3 is 44.6 Å². The van der Waals surface area contributed by atoms with Crippen molar-refractivity contribution in [2.75, 3.05) is 26.4 Å². The van der Waals surface area contributed by atoms with Crippen LogP contribution in [0, 0.1) is 11.8 Å². The molecule has 0 bridgehead atoms. The third-order valence-electron chi connectivity index (χ3n) is 11.4. The molecule has 62 heavy (non-hydrogen) atoms. The van der Waals surface area contributed by atoms with Gasteiger partial charge in [-0.3, -0.25) is 18.6 Å². The number of hydrogen-bond acceptors (Lipinski definition) is 13. The number of phosphoric ester groups is 1. The van der Waals surface area contributed by atoms with Crippen LogP contribution in [0.4, 0.5) is 0 Å². The van der Waals surface area contributed by atoms with Crippen molar-refractivity contribution in [2.45, 2.75) is 225 Å². The molecule has 1 rings (SSSR count). The largest absolute Gasteiger partial charge is 0.472 e. The molecule has 1 saturated heterocycles. The second-order valence-electron chi connectivity index (χ2n) is 17.3. The van der Waals surface area contributed by atoms with Crippen LogP contribution in [-0.4, -0.2) is 106 Å². The molecule has 1 aliphatic heterocycles. The van der Waals surface area contributed by atoms with Crippen molar-refractivity contribution in [3.63, 3.8) is 0 Å². The summed E-state index contributed by atoms with van der Waals surface area (Å²) in [5.74, 6) is -0.592. The highest BCUT2D eigenvalue weighted by atomic mass is 31.2. The summed E-state index contributed by atoms with van der Waals surface area (Å²) in [5, 5.41) is 49.4. The van der Waals surface area contributed by atoms with Gasteiger partial charge >= 0.3 is 19.8 Å². The third-order valence-corrected chi connectivity index (χ3v) is 12.4. The van der Waals surface area contributed by atoms with E-state index in [0.717, 1.165) is 44.4 Å². The average Bonchev–Trinajstić information content (AvgIpc) is 3.24. The molecule has 1 heterocycles. The van der Waals surface area contributed by atoms with Crippen LogP contribution in [0.2, 0.25) is 0 Å². The maximum atomic E-state index is 12.8. The summed E-state index contributed by atoms with van der Waals surface area (Å²) in [4.78, 5) is 35.3. The van der Waals surface area contributed by atoms with Gasteiger partial charge in [0, 0.05) is 25.2 Å². The Morgan fingerprint density at radius 1 is 0.758 bits per heavy atom. The SMILES string of the molecule is CCCCC[C@H](O)/C=C/[C@H]1OC(O)C[C@H](O)[C@@H]1C/C=C\CCCC(=O)O[C@H](COC(=O)CCCCCCCCCCCCCCCCC(C)CC)COP(=O)(O)OC[C@@H](O)CO. The molecule has 0 aliphatic carbocycles. The zero-order chi connectivity index (χ0) is 45.9. The lowest BCUT2D eigenvalue weighted by Crippen LogP contribution is -2.43. The summed E-state index contributed by atoms with van der Waals surface area (Å²) in [6.07, 6.45) is 26.1. The number of ether oxygens (including phenoxy) is 3. The van der Waals surface area contributed by atoms with Gasteiger partial charge in [-0.2, -0.15) is 0 Å². The highest BCUT2D eigenvalue weighted by molar-refractivity contribution is 7.47. The molecule has 15 heteroatoms. The number of aliphatic hydroxyl groups is 5. The van der Waals surface area contributed by atoms with E-state index in [-0.39, 0.29) is 25.2 Å². The minimum absolute atomic E-state index is 0.00779. The molecule has 0 aromatic rings. The Labute approximate surface area is 373 Å². The van der Waals surface area contributed by atoms with Crippen molar-refractivity contribution in [3.8, 4) is 0 Å². The van der Waals surface area contributed by atoms with E-state index in [4.69, 9.17) is 23.8 Å². The maximum absolute atomic E-state index is 12.8. The van der Waals surface area contributed by atoms with E-state index in [2.05, 4.69) is 25.3 Å². The monoisotopic (exact) mass is 907 g/mol. The van der Waals surface area contributed by atoms with Gasteiger partial charge in [0.15, 0.2) is 12.4 Å². The molecule has 3 unspecified atom stereocenters. The second-order valence-corrected chi connectivity index (χ2v) is 18.7. The lowest BCUT2D eigenvalue weighted by Gasteiger charge is -2.36. The van der Waals surface area contributed by atoms with Crippen LogP contribution in [0.15, 0.2) is 24.3 Å². The van der Waals surface area contributed by atoms with E-state index in [1.54, 1.807) is 12.2 Å². The quantitative estimate of drug-likeness (QED) is 0.0146. The van der Waals surface area contributed by atoms with Gasteiger partial charge in [-0.25, -0.2) is 4.57 Å². The molecule has 0 aromatic heterocycles. The molecular formula is C47H87O14P. The van der Waals surface area contributed by atoms with Crippen molar-refractivity contribution < 1.29 is 67.8 Å². The number of carbonyl (C=O) groups excluding carboxylic acids is 2. The topological polar surface area (TPSA) is 219 Å². The zero-order valence-electron chi connectivity index (χ0n) is 38.5. The van der Waals surface area contributed by atoms with Crippen molar-refractivity contribution in [1.82, 2.24) is 0 Å². The lowest BCUT2D eigenvalue weighted by molar-refractivity contribution is -0.199. The fraction of sp³-hybridized carbons (Fsp3) is 0.872. The average molecular weight is 907 g/mol. The first-order chi connectivity index (χ1) is 29.8. The summed E-state index contributed by atoms with van der Waals surface area (Å²) >= 11 is 0. The summed E-state index contributed by atoms with van der Waals surface area (Å²) < 4.78 is 38.4. The summed E-state index contributed by atoms with van der Waals surface area (Å²) in [6.45, 7) is 4.34. The van der Waals surface area contributed by atoms with E-state index in [9.17, 15) is 39.5 Å². The van der Waals surface area contributed by atoms with E-state index in [1.165, 1.54) is 77.0 Å². The fourth-order valence-corrected chi connectivity index (χ4v) is 8.03. The Morgan fingerprint density at radius 2 is 1.34 bits per heavy atom. The van der Waals surface area contributed by atoms with Gasteiger partial charge in [0.05, 0.1) is 38.1 Å². The van der Waals surface area contributed by atoms with Crippen molar-refractivity contribution in [1.29, 1.82) is 0 Å². The van der Waals surface area contributed by atoms with Crippen molar-refractivity contribution >= 4 is 19.8 Å². The highest BCUT2D eigenvalue weighted by Gasteiger charge is 2.35. The highest BCUT2D eigenvalue weighted by Crippen LogP contribution is 2.43. The van der Waals surface area contributed by atoms with Gasteiger partial charge in [0.2, 0.25) is 0 Å². The smallest absolute Gasteiger partial charge is 0.462 e. The Kier molecular flexibility index (Phi) is 35.3. The molecule has 0 amide bonds. The van der Waals surface area contributed by atoms with Crippen LogP contribution in [0.25, 0.3) is 0 Å². The predicted molar refractivity (Wildman–Crippen MR) is 241 cm³/mol. The first-order valence-electron chi connectivity index (χ1n) is 24.1. The summed E-state index contributed by atoms with van der Waals surface area (Å²) in [5.41, 5.74) is 0. The van der Waals surface area contributed by atoms with Crippen molar-refractivity contribution in [2.24, 2.45) is 11.8 Å². The molecule has 0 saturated carbocycles. The molecule has 0 aromatic carbocycles. The van der Waals surface area contributed by atoms with E-state index < -0.39 is 83.0 Å². The first kappa shape index (κ1) is 58.3. The first-order valence-corrected chi connectivity index (χ1v) is 25.6. The number of esters is 2. The molecule has 0 radical (unpaired) electrons. The van der Waals surface area contributed by atoms with Crippen molar-refractivity contribution in [3.05, 3.63) is 24.3 Å². The Bertz CT molecular complexity index is 1220. The Hall–Kier alpha value is -1.71. The summed E-state index contributed by atoms with van der Waals surface area (Å²) in [6, 6.07) is 0. The molecule has 6 N–H and O–H groups in total. The molecule has 9 atom stereocenters. The molecule has 1 fully saturated rings. The van der Waals surface area contributed by atoms with Crippen LogP contribution in [-0.2, 0) is 37.4 Å². The van der Waals surface area contributed by atoms with Gasteiger partial charge in [-0.15, -0.1) is 0 Å². The number of phosphoric acid groups is 1. The minimum atomic E-state index is -4.70. The molecule has 14 nitrogen and oxygen atoms in total. The van der Waals surface area contributed by atoms with Crippen LogP contribution < -0.4 is 0 Å². The van der Waals surface area contributed by atoms with Crippen LogP contribution in [0.1, 0.15) is 188 Å². The maximum Gasteiger partial charge on any atom is 0.472 e. The molecule has 0 spiro atoms. The number of unbranched alkanes of at least 4 members (excludes halogenated alkanes) is 16. The van der Waals surface area contributed by atoms with E-state index in [1.807, 2.05) is 12.2 Å². The molecular weight excluding hydrogens is 819 g/mol. The van der Waals surface area contributed by atoms with E-state index in [0.29, 0.717) is 32.1 Å². The Morgan fingerprint density at radius 3 is 1.95 bits per heavy atom. The van der Waals surface area contributed by atoms with Gasteiger partial charge in [0.25, 0.3) is 0 Å². The number of hydrogen-bond donors (Lipinski definition) is 6. The number of aliphatic hydroxyl groups excluding tert-OH is 5. The summed E-state index contributed by atoms with van der Waals surface area (Å²) in [7, 11) is -4.70. The van der Waals surface area contributed by atoms with Gasteiger partial charge in [-0.05, 0) is 38.0 Å². The standard InChI is InChI=1S/C47H87O14P/c1-4-6-21-27-39(49)31-32-44-42(43(51)33-47(54)61-44)28-23-19-20-25-30-46(53)60-41(37-59-62(55,56)58-35-40(50)34-48)36-57-45(52)29-24-18-16-14-12-10-8-7-9-11-13-15-17-22-26-38(3)5-2/h19,23,31-32,38-44,47-51,54H,4-18,20-22,24-30,33-37H2,1-3H3,(H,55,56)/b23-19-,32-31+/t38?,39-,40-,41+,42-,43-,44+,47?/m0/s1. The predicted octanol–water partition coefficient (Wildman–Crippen LogP) is 8.91. The number of carbonyl (C=O) groups is 2. The van der Waals surface area contributed by atoms with Crippen LogP contribution >= 0.6 is 7.82 Å². The number of rotatable bonds is 40. The van der Waals surface area contributed by atoms with Crippen LogP contribution in [0.5, 0.6) is 0 Å². The van der Waals surface area contributed by atoms with E-state index >= 15 is 0 Å². The minimum Gasteiger partial charge on any atom is -0.462 e. The molecule has 364 valence electrons. The number of allylic oxidation sites excluding steroid dienone is 2. The lowest BCUT2D eigenvalue weighted by atomic mass is 9.87. The Balaban J connectivity index is 2.44. The van der Waals surface area contributed by atoms with Gasteiger partial charge in [-0.1, -0.05) is 161 Å². The zero-order valence-corrected chi connectivity index (χ0v) is 39.4. The second kappa shape index (κ2) is 37.5. The van der Waals surface area contributed by atoms with Crippen LogP contribution in [0.3, 0.4) is 0 Å². The van der Waals surface area contributed by atoms with Gasteiger partial charge in [0.1, 0.15) is 12.7 Å².